The molecule has 0 aromatic carbocycles. The van der Waals surface area contributed by atoms with E-state index in [-0.39, 0.29) is 0 Å². The molecule has 0 bridgehead atoms. The first-order chi connectivity index (χ1) is 6.29. The van der Waals surface area contributed by atoms with Crippen molar-refractivity contribution in [1.82, 2.24) is 9.97 Å². The fourth-order valence-corrected chi connectivity index (χ4v) is 2.19. The number of aromatic nitrogens is 2. The number of hydrogen-bond acceptors (Lipinski definition) is 4. The fourth-order valence-electron chi connectivity index (χ4n) is 0.882. The first-order valence-electron chi connectivity index (χ1n) is 4.16. The Labute approximate surface area is 90.9 Å². The Bertz CT molecular complexity index is 256. The maximum atomic E-state index is 4.18. The Hall–Kier alpha value is -0.290. The van der Waals surface area contributed by atoms with E-state index in [1.165, 1.54) is 0 Å². The first kappa shape index (κ1) is 10.8. The molecular formula is C8H12BrN3S. The third kappa shape index (κ3) is 2.84. The Morgan fingerprint density at radius 1 is 1.46 bits per heavy atom. The van der Waals surface area contributed by atoms with Crippen molar-refractivity contribution in [2.24, 2.45) is 0 Å². The summed E-state index contributed by atoms with van der Waals surface area (Å²) < 4.78 is 0.962. The zero-order valence-electron chi connectivity index (χ0n) is 7.67. The normalized spacial score (nSPS) is 10.1. The second-order valence-electron chi connectivity index (χ2n) is 2.30. The molecule has 0 spiro atoms. The molecule has 0 aliphatic rings. The number of rotatable bonds is 4. The Morgan fingerprint density at radius 3 is 2.85 bits per heavy atom. The van der Waals surface area contributed by atoms with Crippen LogP contribution in [0.1, 0.15) is 13.8 Å². The topological polar surface area (TPSA) is 37.8 Å². The van der Waals surface area contributed by atoms with Gasteiger partial charge in [-0.25, -0.2) is 9.97 Å². The van der Waals surface area contributed by atoms with Gasteiger partial charge in [-0.05, 0) is 28.6 Å². The van der Waals surface area contributed by atoms with E-state index in [9.17, 15) is 0 Å². The summed E-state index contributed by atoms with van der Waals surface area (Å²) in [5.74, 6) is 1.88. The maximum Gasteiger partial charge on any atom is 0.144 e. The third-order valence-electron chi connectivity index (χ3n) is 1.38. The SMILES string of the molecule is CCNc1ncnc(SCC)c1Br. The minimum atomic E-state index is 0.867. The van der Waals surface area contributed by atoms with Gasteiger partial charge in [0.2, 0.25) is 0 Å². The number of thioether (sulfide) groups is 1. The van der Waals surface area contributed by atoms with Crippen LogP contribution in [0, 0.1) is 0 Å². The van der Waals surface area contributed by atoms with Crippen LogP contribution >= 0.6 is 27.7 Å². The fraction of sp³-hybridized carbons (Fsp3) is 0.500. The molecule has 1 aromatic rings. The van der Waals surface area contributed by atoms with Gasteiger partial charge in [-0.15, -0.1) is 11.8 Å². The summed E-state index contributed by atoms with van der Waals surface area (Å²) in [6.07, 6.45) is 1.58. The molecule has 13 heavy (non-hydrogen) atoms. The van der Waals surface area contributed by atoms with Crippen LogP contribution < -0.4 is 5.32 Å². The van der Waals surface area contributed by atoms with Crippen molar-refractivity contribution >= 4 is 33.5 Å². The molecule has 0 amide bonds. The number of nitrogens with zero attached hydrogens (tertiary/aromatic N) is 2. The summed E-state index contributed by atoms with van der Waals surface area (Å²) in [4.78, 5) is 8.30. The first-order valence-corrected chi connectivity index (χ1v) is 5.94. The van der Waals surface area contributed by atoms with Crippen molar-refractivity contribution in [2.75, 3.05) is 17.6 Å². The number of anilines is 1. The molecule has 0 radical (unpaired) electrons. The highest BCUT2D eigenvalue weighted by Gasteiger charge is 2.06. The van der Waals surface area contributed by atoms with E-state index in [1.54, 1.807) is 18.1 Å². The number of halogens is 1. The van der Waals surface area contributed by atoms with Gasteiger partial charge in [-0.1, -0.05) is 6.92 Å². The van der Waals surface area contributed by atoms with E-state index in [0.717, 1.165) is 27.6 Å². The highest BCUT2D eigenvalue weighted by molar-refractivity contribution is 9.10. The van der Waals surface area contributed by atoms with Crippen molar-refractivity contribution in [3.63, 3.8) is 0 Å². The average Bonchev–Trinajstić information content (AvgIpc) is 2.13. The van der Waals surface area contributed by atoms with E-state index < -0.39 is 0 Å². The lowest BCUT2D eigenvalue weighted by atomic mass is 10.5. The largest absolute Gasteiger partial charge is 0.369 e. The molecule has 5 heteroatoms. The highest BCUT2D eigenvalue weighted by atomic mass is 79.9. The predicted octanol–water partition coefficient (Wildman–Crippen LogP) is 2.78. The molecule has 0 atom stereocenters. The molecule has 1 heterocycles. The zero-order chi connectivity index (χ0) is 9.68. The molecule has 72 valence electrons. The van der Waals surface area contributed by atoms with Gasteiger partial charge in [0, 0.05) is 6.54 Å². The monoisotopic (exact) mass is 261 g/mol. The van der Waals surface area contributed by atoms with Crippen LogP contribution in [0.2, 0.25) is 0 Å². The van der Waals surface area contributed by atoms with Gasteiger partial charge in [0.25, 0.3) is 0 Å². The molecule has 0 saturated carbocycles. The number of nitrogens with one attached hydrogen (secondary N) is 1. The summed E-state index contributed by atoms with van der Waals surface area (Å²) in [7, 11) is 0. The molecular weight excluding hydrogens is 250 g/mol. The van der Waals surface area contributed by atoms with Crippen molar-refractivity contribution in [3.05, 3.63) is 10.8 Å². The van der Waals surface area contributed by atoms with Gasteiger partial charge in [0.1, 0.15) is 17.2 Å². The molecule has 0 aliphatic heterocycles. The minimum absolute atomic E-state index is 0.867. The Balaban J connectivity index is 2.89. The van der Waals surface area contributed by atoms with Crippen molar-refractivity contribution in [2.45, 2.75) is 18.9 Å². The van der Waals surface area contributed by atoms with E-state index >= 15 is 0 Å². The predicted molar refractivity (Wildman–Crippen MR) is 60.3 cm³/mol. The second kappa shape index (κ2) is 5.44. The molecule has 0 unspecified atom stereocenters. The van der Waals surface area contributed by atoms with E-state index in [2.05, 4.69) is 38.1 Å². The van der Waals surface area contributed by atoms with Crippen LogP contribution in [0.25, 0.3) is 0 Å². The van der Waals surface area contributed by atoms with Crippen LogP contribution in [0.3, 0.4) is 0 Å². The van der Waals surface area contributed by atoms with Gasteiger partial charge in [0.05, 0.1) is 4.47 Å². The zero-order valence-corrected chi connectivity index (χ0v) is 10.1. The second-order valence-corrected chi connectivity index (χ2v) is 4.35. The van der Waals surface area contributed by atoms with E-state index in [1.807, 2.05) is 6.92 Å². The summed E-state index contributed by atoms with van der Waals surface area (Å²) in [6.45, 7) is 5.01. The van der Waals surface area contributed by atoms with Gasteiger partial charge < -0.3 is 5.32 Å². The van der Waals surface area contributed by atoms with Crippen molar-refractivity contribution in [1.29, 1.82) is 0 Å². The van der Waals surface area contributed by atoms with Crippen molar-refractivity contribution < 1.29 is 0 Å². The molecule has 0 aliphatic carbocycles. The molecule has 0 saturated heterocycles. The van der Waals surface area contributed by atoms with Crippen molar-refractivity contribution in [3.8, 4) is 0 Å². The van der Waals surface area contributed by atoms with Gasteiger partial charge in [0.15, 0.2) is 0 Å². The summed E-state index contributed by atoms with van der Waals surface area (Å²) in [5.41, 5.74) is 0. The molecule has 3 nitrogen and oxygen atoms in total. The van der Waals surface area contributed by atoms with Gasteiger partial charge in [-0.2, -0.15) is 0 Å². The third-order valence-corrected chi connectivity index (χ3v) is 3.27. The van der Waals surface area contributed by atoms with E-state index in [0.29, 0.717) is 0 Å². The summed E-state index contributed by atoms with van der Waals surface area (Å²) in [6, 6.07) is 0. The van der Waals surface area contributed by atoms with Crippen LogP contribution in [0.5, 0.6) is 0 Å². The minimum Gasteiger partial charge on any atom is -0.369 e. The Morgan fingerprint density at radius 2 is 2.23 bits per heavy atom. The van der Waals surface area contributed by atoms with Gasteiger partial charge in [-0.3, -0.25) is 0 Å². The highest BCUT2D eigenvalue weighted by Crippen LogP contribution is 2.29. The van der Waals surface area contributed by atoms with Crippen LogP contribution in [-0.2, 0) is 0 Å². The summed E-state index contributed by atoms with van der Waals surface area (Å²) >= 11 is 5.18. The molecule has 1 aromatic heterocycles. The van der Waals surface area contributed by atoms with Gasteiger partial charge >= 0.3 is 0 Å². The lowest BCUT2D eigenvalue weighted by Crippen LogP contribution is -2.01. The van der Waals surface area contributed by atoms with Crippen LogP contribution in [-0.4, -0.2) is 22.3 Å². The average molecular weight is 262 g/mol. The Kier molecular flexibility index (Phi) is 4.52. The molecule has 1 N–H and O–H groups in total. The standard InChI is InChI=1S/C8H12BrN3S/c1-3-10-7-6(9)8(13-4-2)12-5-11-7/h5H,3-4H2,1-2H3,(H,10,11,12). The van der Waals surface area contributed by atoms with Crippen LogP contribution in [0.4, 0.5) is 5.82 Å². The van der Waals surface area contributed by atoms with Crippen LogP contribution in [0.15, 0.2) is 15.8 Å². The number of hydrogen-bond donors (Lipinski definition) is 1. The quantitative estimate of drug-likeness (QED) is 0.668. The lowest BCUT2D eigenvalue weighted by molar-refractivity contribution is 1.01. The maximum absolute atomic E-state index is 4.18. The lowest BCUT2D eigenvalue weighted by Gasteiger charge is -2.06. The smallest absolute Gasteiger partial charge is 0.144 e. The van der Waals surface area contributed by atoms with E-state index in [4.69, 9.17) is 0 Å². The summed E-state index contributed by atoms with van der Waals surface area (Å²) in [5, 5.41) is 4.16. The molecule has 1 rings (SSSR count). The molecule has 0 fully saturated rings.